The molecule has 1 aromatic rings. The second kappa shape index (κ2) is 5.88. The van der Waals surface area contributed by atoms with Crippen LogP contribution < -0.4 is 5.32 Å². The average Bonchev–Trinajstić information content (AvgIpc) is 2.74. The van der Waals surface area contributed by atoms with Gasteiger partial charge in [0, 0.05) is 23.7 Å². The van der Waals surface area contributed by atoms with Gasteiger partial charge in [-0.3, -0.25) is 15.1 Å². The van der Waals surface area contributed by atoms with Gasteiger partial charge in [0.05, 0.1) is 6.20 Å². The van der Waals surface area contributed by atoms with Crippen molar-refractivity contribution < 1.29 is 9.90 Å². The number of carboxylic acids is 1. The number of aromatic nitrogens is 2. The predicted octanol–water partition coefficient (Wildman–Crippen LogP) is 1.94. The second-order valence-corrected chi connectivity index (χ2v) is 6.53. The molecule has 19 heavy (non-hydrogen) atoms. The third-order valence-corrected chi connectivity index (χ3v) is 4.46. The highest BCUT2D eigenvalue weighted by atomic mass is 32.2. The molecule has 2 unspecified atom stereocenters. The first-order valence-electron chi connectivity index (χ1n) is 6.45. The molecule has 0 bridgehead atoms. The lowest BCUT2D eigenvalue weighted by Crippen LogP contribution is -2.53. The van der Waals surface area contributed by atoms with E-state index in [-0.39, 0.29) is 11.3 Å². The molecule has 6 heteroatoms. The predicted molar refractivity (Wildman–Crippen MR) is 74.2 cm³/mol. The Morgan fingerprint density at radius 1 is 1.58 bits per heavy atom. The lowest BCUT2D eigenvalue weighted by Gasteiger charge is -2.28. The molecule has 2 atom stereocenters. The van der Waals surface area contributed by atoms with Crippen LogP contribution >= 0.6 is 11.8 Å². The van der Waals surface area contributed by atoms with E-state index in [9.17, 15) is 9.90 Å². The molecule has 1 fully saturated rings. The van der Waals surface area contributed by atoms with Crippen LogP contribution in [0.2, 0.25) is 0 Å². The summed E-state index contributed by atoms with van der Waals surface area (Å²) in [5, 5.41) is 13.9. The number of nitrogens with one attached hydrogen (secondary N) is 1. The van der Waals surface area contributed by atoms with Gasteiger partial charge in [-0.15, -0.1) is 11.8 Å². The molecule has 0 radical (unpaired) electrons. The topological polar surface area (TPSA) is 75.1 Å². The van der Waals surface area contributed by atoms with Crippen LogP contribution in [0.15, 0.2) is 23.6 Å². The van der Waals surface area contributed by atoms with Crippen molar-refractivity contribution in [2.75, 3.05) is 0 Å². The van der Waals surface area contributed by atoms with Crippen molar-refractivity contribution in [1.82, 2.24) is 15.3 Å². The van der Waals surface area contributed by atoms with E-state index in [0.29, 0.717) is 12.8 Å². The minimum absolute atomic E-state index is 0.163. The fourth-order valence-electron chi connectivity index (χ4n) is 2.56. The van der Waals surface area contributed by atoms with Crippen molar-refractivity contribution in [3.05, 3.63) is 18.6 Å². The first-order chi connectivity index (χ1) is 9.02. The van der Waals surface area contributed by atoms with Gasteiger partial charge in [-0.25, -0.2) is 4.98 Å². The Morgan fingerprint density at radius 3 is 2.95 bits per heavy atom. The highest BCUT2D eigenvalue weighted by Crippen LogP contribution is 2.39. The van der Waals surface area contributed by atoms with Crippen LogP contribution in [0.5, 0.6) is 0 Å². The molecular formula is C13H19N3O2S. The number of hydrogen-bond donors (Lipinski definition) is 2. The van der Waals surface area contributed by atoms with Crippen LogP contribution in [-0.2, 0) is 4.79 Å². The SMILES string of the molecule is CC(C)NC1(C(=O)O)CCC(Sc2cnccn2)C1. The van der Waals surface area contributed by atoms with Crippen molar-refractivity contribution in [1.29, 1.82) is 0 Å². The molecule has 104 valence electrons. The summed E-state index contributed by atoms with van der Waals surface area (Å²) in [5.41, 5.74) is -0.784. The van der Waals surface area contributed by atoms with Gasteiger partial charge in [-0.1, -0.05) is 0 Å². The van der Waals surface area contributed by atoms with Crippen LogP contribution in [-0.4, -0.2) is 37.9 Å². The first-order valence-corrected chi connectivity index (χ1v) is 7.33. The molecule has 0 amide bonds. The summed E-state index contributed by atoms with van der Waals surface area (Å²) >= 11 is 1.62. The second-order valence-electron chi connectivity index (χ2n) is 5.21. The normalized spacial score (nSPS) is 26.8. The number of thioether (sulfide) groups is 1. The van der Waals surface area contributed by atoms with Crippen molar-refractivity contribution >= 4 is 17.7 Å². The fourth-order valence-corrected chi connectivity index (χ4v) is 3.75. The minimum Gasteiger partial charge on any atom is -0.480 e. The van der Waals surface area contributed by atoms with Crippen LogP contribution in [0.3, 0.4) is 0 Å². The Balaban J connectivity index is 2.03. The monoisotopic (exact) mass is 281 g/mol. The van der Waals surface area contributed by atoms with Gasteiger partial charge in [0.2, 0.25) is 0 Å². The third kappa shape index (κ3) is 3.45. The van der Waals surface area contributed by atoms with Crippen LogP contribution in [0.25, 0.3) is 0 Å². The van der Waals surface area contributed by atoms with Gasteiger partial charge in [0.25, 0.3) is 0 Å². The molecule has 1 aliphatic carbocycles. The van der Waals surface area contributed by atoms with Crippen molar-refractivity contribution in [3.63, 3.8) is 0 Å². The van der Waals surface area contributed by atoms with Gasteiger partial charge < -0.3 is 5.11 Å². The van der Waals surface area contributed by atoms with Crippen molar-refractivity contribution in [3.8, 4) is 0 Å². The number of nitrogens with zero attached hydrogens (tertiary/aromatic N) is 2. The Bertz CT molecular complexity index is 441. The van der Waals surface area contributed by atoms with E-state index in [1.807, 2.05) is 13.8 Å². The van der Waals surface area contributed by atoms with E-state index in [2.05, 4.69) is 15.3 Å². The zero-order valence-corrected chi connectivity index (χ0v) is 12.0. The number of rotatable bonds is 5. The number of carboxylic acid groups (broad SMARTS) is 1. The zero-order chi connectivity index (χ0) is 13.9. The molecule has 1 aliphatic rings. The van der Waals surface area contributed by atoms with Gasteiger partial charge in [-0.2, -0.15) is 0 Å². The number of aliphatic carboxylic acids is 1. The standard InChI is InChI=1S/C13H19N3O2S/c1-9(2)16-13(12(17)18)4-3-10(7-13)19-11-8-14-5-6-15-11/h5-6,8-10,16H,3-4,7H2,1-2H3,(H,17,18). The first kappa shape index (κ1) is 14.3. The molecule has 1 saturated carbocycles. The van der Waals surface area contributed by atoms with Crippen molar-refractivity contribution in [2.24, 2.45) is 0 Å². The third-order valence-electron chi connectivity index (χ3n) is 3.27. The highest BCUT2D eigenvalue weighted by molar-refractivity contribution is 7.99. The van der Waals surface area contributed by atoms with E-state index in [0.717, 1.165) is 11.4 Å². The average molecular weight is 281 g/mol. The lowest BCUT2D eigenvalue weighted by atomic mass is 9.97. The molecule has 0 spiro atoms. The van der Waals surface area contributed by atoms with Crippen molar-refractivity contribution in [2.45, 2.75) is 55.0 Å². The maximum absolute atomic E-state index is 11.6. The van der Waals surface area contributed by atoms with E-state index in [1.165, 1.54) is 0 Å². The minimum atomic E-state index is -0.784. The molecule has 0 aliphatic heterocycles. The summed E-state index contributed by atoms with van der Waals surface area (Å²) in [4.78, 5) is 19.8. The lowest BCUT2D eigenvalue weighted by molar-refractivity contribution is -0.145. The molecule has 5 nitrogen and oxygen atoms in total. The summed E-state index contributed by atoms with van der Waals surface area (Å²) in [7, 11) is 0. The molecule has 2 N–H and O–H groups in total. The molecule has 1 aromatic heterocycles. The Kier molecular flexibility index (Phi) is 4.42. The zero-order valence-electron chi connectivity index (χ0n) is 11.2. The van der Waals surface area contributed by atoms with Crippen LogP contribution in [0.1, 0.15) is 33.1 Å². The van der Waals surface area contributed by atoms with Crippen LogP contribution in [0, 0.1) is 0 Å². The molecular weight excluding hydrogens is 262 g/mol. The number of carbonyl (C=O) groups is 1. The summed E-state index contributed by atoms with van der Waals surface area (Å²) in [6, 6.07) is 0.163. The van der Waals surface area contributed by atoms with Gasteiger partial charge in [-0.05, 0) is 33.1 Å². The maximum Gasteiger partial charge on any atom is 0.323 e. The van der Waals surface area contributed by atoms with Gasteiger partial charge >= 0.3 is 5.97 Å². The summed E-state index contributed by atoms with van der Waals surface area (Å²) in [6.07, 6.45) is 7.20. The smallest absolute Gasteiger partial charge is 0.323 e. The molecule has 1 heterocycles. The van der Waals surface area contributed by atoms with E-state index in [1.54, 1.807) is 30.4 Å². The largest absolute Gasteiger partial charge is 0.480 e. The summed E-state index contributed by atoms with van der Waals surface area (Å²) < 4.78 is 0. The quantitative estimate of drug-likeness (QED) is 0.859. The van der Waals surface area contributed by atoms with Gasteiger partial charge in [0.15, 0.2) is 0 Å². The fraction of sp³-hybridized carbons (Fsp3) is 0.615. The summed E-state index contributed by atoms with van der Waals surface area (Å²) in [5.74, 6) is -0.747. The molecule has 0 aromatic carbocycles. The van der Waals surface area contributed by atoms with E-state index >= 15 is 0 Å². The van der Waals surface area contributed by atoms with E-state index < -0.39 is 11.5 Å². The Morgan fingerprint density at radius 2 is 2.37 bits per heavy atom. The van der Waals surface area contributed by atoms with E-state index in [4.69, 9.17) is 0 Å². The van der Waals surface area contributed by atoms with Crippen LogP contribution in [0.4, 0.5) is 0 Å². The Hall–Kier alpha value is -1.14. The highest BCUT2D eigenvalue weighted by Gasteiger charge is 2.46. The molecule has 2 rings (SSSR count). The van der Waals surface area contributed by atoms with Gasteiger partial charge in [0.1, 0.15) is 10.6 Å². The maximum atomic E-state index is 11.6. The Labute approximate surface area is 117 Å². The molecule has 0 saturated heterocycles. The number of hydrogen-bond acceptors (Lipinski definition) is 5. The summed E-state index contributed by atoms with van der Waals surface area (Å²) in [6.45, 7) is 3.96.